The predicted molar refractivity (Wildman–Crippen MR) is 235 cm³/mol. The van der Waals surface area contributed by atoms with Gasteiger partial charge < -0.3 is 66.9 Å². The minimum absolute atomic E-state index is 0.0139. The number of hydrogen-bond donors (Lipinski definition) is 1. The Kier molecular flexibility index (Phi) is 23.1. The predicted octanol–water partition coefficient (Wildman–Crippen LogP) is 4.75. The molecule has 1 N–H and O–H groups in total. The highest BCUT2D eigenvalue weighted by atomic mass is 16.7. The third-order valence-electron chi connectivity index (χ3n) is 11.9. The minimum Gasteiger partial charge on any atom is -0.462 e. The first-order valence-electron chi connectivity index (χ1n) is 23.0. The molecule has 3 heterocycles. The molecule has 0 spiro atoms. The van der Waals surface area contributed by atoms with Gasteiger partial charge in [-0.05, 0) is 73.9 Å². The highest BCUT2D eigenvalue weighted by Gasteiger charge is 2.54. The summed E-state index contributed by atoms with van der Waals surface area (Å²) in [5.41, 5.74) is -1.52. The van der Waals surface area contributed by atoms with E-state index in [1.165, 1.54) is 14.0 Å². The summed E-state index contributed by atoms with van der Waals surface area (Å²) < 4.78 is 68.0. The van der Waals surface area contributed by atoms with E-state index in [9.17, 15) is 29.1 Å². The van der Waals surface area contributed by atoms with Crippen molar-refractivity contribution in [2.24, 2.45) is 11.8 Å². The van der Waals surface area contributed by atoms with Crippen LogP contribution in [0.5, 0.6) is 0 Å². The molecule has 0 amide bonds. The summed E-state index contributed by atoms with van der Waals surface area (Å²) in [6, 6.07) is -0.774. The molecule has 0 radical (unpaired) electrons. The molecule has 0 aromatic carbocycles. The van der Waals surface area contributed by atoms with E-state index in [1.54, 1.807) is 67.5 Å². The van der Waals surface area contributed by atoms with Crippen LogP contribution in [0.4, 0.5) is 0 Å². The van der Waals surface area contributed by atoms with Crippen molar-refractivity contribution in [3.05, 3.63) is 24.3 Å². The Labute approximate surface area is 385 Å². The number of likely N-dealkylation sites (N-methyl/N-ethyl adjacent to an activating group) is 1. The Balaban J connectivity index is 2.17. The second-order valence-electron chi connectivity index (χ2n) is 17.7. The molecule has 372 valence electrons. The molecule has 0 aliphatic carbocycles. The molecule has 2 fully saturated rings. The molecule has 3 rings (SSSR count). The molecule has 3 aliphatic rings. The topological polar surface area (TPSA) is 210 Å². The number of allylic oxidation sites excluding steroid dienone is 2. The Hall–Kier alpha value is -3.33. The second kappa shape index (κ2) is 26.9. The Bertz CT molecular complexity index is 1570. The molecule has 0 bridgehead atoms. The number of cyclic esters (lactones) is 1. The van der Waals surface area contributed by atoms with Crippen molar-refractivity contribution in [2.75, 3.05) is 27.8 Å². The first-order chi connectivity index (χ1) is 30.7. The van der Waals surface area contributed by atoms with Crippen molar-refractivity contribution in [3.63, 3.8) is 0 Å². The van der Waals surface area contributed by atoms with Gasteiger partial charge in [-0.15, -0.1) is 0 Å². The summed E-state index contributed by atoms with van der Waals surface area (Å²) in [5.74, 6) is -3.39. The van der Waals surface area contributed by atoms with Crippen LogP contribution in [0.15, 0.2) is 24.3 Å². The Morgan fingerprint density at radius 1 is 0.938 bits per heavy atom. The number of carbonyl (C=O) groups is 5. The van der Waals surface area contributed by atoms with E-state index in [0.29, 0.717) is 13.0 Å². The molecule has 0 aromatic heterocycles. The molecule has 18 nitrogen and oxygen atoms in total. The minimum atomic E-state index is -1.52. The Morgan fingerprint density at radius 3 is 2.20 bits per heavy atom. The lowest BCUT2D eigenvalue weighted by Gasteiger charge is -2.51. The second-order valence-corrected chi connectivity index (χ2v) is 17.7. The summed E-state index contributed by atoms with van der Waals surface area (Å²) in [4.78, 5) is 66.4. The van der Waals surface area contributed by atoms with Crippen LogP contribution in [0.3, 0.4) is 0 Å². The number of carbonyl (C=O) groups excluding carboxylic acids is 5. The molecule has 3 aliphatic heterocycles. The van der Waals surface area contributed by atoms with Crippen LogP contribution in [0, 0.1) is 11.8 Å². The first kappa shape index (κ1) is 56.0. The van der Waals surface area contributed by atoms with Gasteiger partial charge in [0.15, 0.2) is 31.1 Å². The van der Waals surface area contributed by atoms with Crippen LogP contribution in [0.2, 0.25) is 0 Å². The number of nitrogens with zero attached hydrogens (tertiary/aromatic N) is 1. The fourth-order valence-corrected chi connectivity index (χ4v) is 8.78. The average Bonchev–Trinajstić information content (AvgIpc) is 3.21. The summed E-state index contributed by atoms with van der Waals surface area (Å²) >= 11 is 0. The fourth-order valence-electron chi connectivity index (χ4n) is 8.78. The van der Waals surface area contributed by atoms with Gasteiger partial charge in [-0.25, -0.2) is 0 Å². The zero-order valence-corrected chi connectivity index (χ0v) is 40.7. The molecule has 17 atom stereocenters. The SMILES string of the molecule is CCOC(C)O[C@H]1/C=C/C=C/C[C@@H](C)OC(=O)C[C@@H](OC(=O)CC)[C@H](OC)[C@@H](O[C@@H]2O[C@H](C)[C@@H](O[C@H]3C[C@@](C)(O)[C@@H](OC(=O)CC)[C@H](C)O3)[C@H](N(C)C)[C@H]2OC(C)=O)[C@@H](CC=O)C[C@H]1C. The van der Waals surface area contributed by atoms with Crippen molar-refractivity contribution in [1.29, 1.82) is 0 Å². The monoisotopic (exact) mass is 928 g/mol. The molecular formula is C47H77NO17. The number of aliphatic hydroxyl groups is 1. The van der Waals surface area contributed by atoms with Crippen LogP contribution in [0.1, 0.15) is 114 Å². The molecule has 0 saturated carbocycles. The highest BCUT2D eigenvalue weighted by Crippen LogP contribution is 2.39. The van der Waals surface area contributed by atoms with E-state index in [4.69, 9.17) is 52.1 Å². The van der Waals surface area contributed by atoms with Gasteiger partial charge in [0.05, 0.1) is 36.9 Å². The van der Waals surface area contributed by atoms with Gasteiger partial charge in [-0.2, -0.15) is 0 Å². The quantitative estimate of drug-likeness (QED) is 0.0903. The zero-order valence-electron chi connectivity index (χ0n) is 40.7. The van der Waals surface area contributed by atoms with Crippen molar-refractivity contribution in [3.8, 4) is 0 Å². The van der Waals surface area contributed by atoms with Crippen LogP contribution in [-0.2, 0) is 76.1 Å². The summed E-state index contributed by atoms with van der Waals surface area (Å²) in [6.45, 7) is 17.3. The molecule has 0 aromatic rings. The van der Waals surface area contributed by atoms with E-state index >= 15 is 0 Å². The van der Waals surface area contributed by atoms with Gasteiger partial charge >= 0.3 is 23.9 Å². The summed E-state index contributed by atoms with van der Waals surface area (Å²) in [6.07, 6.45) is -3.70. The van der Waals surface area contributed by atoms with Gasteiger partial charge in [0, 0.05) is 52.7 Å². The van der Waals surface area contributed by atoms with Gasteiger partial charge in [0.1, 0.15) is 36.3 Å². The molecule has 2 saturated heterocycles. The van der Waals surface area contributed by atoms with Crippen molar-refractivity contribution in [2.45, 2.75) is 206 Å². The highest BCUT2D eigenvalue weighted by molar-refractivity contribution is 5.73. The number of methoxy groups -OCH3 is 1. The summed E-state index contributed by atoms with van der Waals surface area (Å²) in [5, 5.41) is 11.5. The zero-order chi connectivity index (χ0) is 48.6. The van der Waals surface area contributed by atoms with Crippen LogP contribution in [0.25, 0.3) is 0 Å². The summed E-state index contributed by atoms with van der Waals surface area (Å²) in [7, 11) is 4.93. The van der Waals surface area contributed by atoms with Gasteiger partial charge in [0.25, 0.3) is 0 Å². The smallest absolute Gasteiger partial charge is 0.309 e. The third-order valence-corrected chi connectivity index (χ3v) is 11.9. The maximum atomic E-state index is 13.6. The lowest BCUT2D eigenvalue weighted by molar-refractivity contribution is -0.345. The van der Waals surface area contributed by atoms with Crippen molar-refractivity contribution < 1.29 is 81.2 Å². The Morgan fingerprint density at radius 2 is 1.62 bits per heavy atom. The molecule has 65 heavy (non-hydrogen) atoms. The number of rotatable bonds is 17. The van der Waals surface area contributed by atoms with E-state index in [-0.39, 0.29) is 38.0 Å². The molecule has 18 heteroatoms. The van der Waals surface area contributed by atoms with Crippen LogP contribution in [-0.4, -0.2) is 160 Å². The average molecular weight is 928 g/mol. The number of hydrogen-bond acceptors (Lipinski definition) is 18. The maximum Gasteiger partial charge on any atom is 0.309 e. The number of aldehydes is 1. The largest absolute Gasteiger partial charge is 0.462 e. The lowest BCUT2D eigenvalue weighted by atomic mass is 9.82. The van der Waals surface area contributed by atoms with Crippen LogP contribution >= 0.6 is 0 Å². The molecule has 1 unspecified atom stereocenters. The normalized spacial score (nSPS) is 37.9. The van der Waals surface area contributed by atoms with Crippen molar-refractivity contribution in [1.82, 2.24) is 4.90 Å². The standard InChI is InChI=1S/C47H77NO17/c1-14-36(51)62-35-25-38(53)57-28(5)20-18-17-19-21-34(61-32(9)56-16-3)27(4)24-33(22-23-49)42(43(35)55-13)65-46-44(60-31(8)50)40(48(11)12)41(29(6)59-46)64-39-26-47(10,54)45(30(7)58-39)63-37(52)15-2/h17-19,21,23,27-30,32-35,39-46,54H,14-16,20,22,24-26H2,1-13H3/b18-17+,21-19+/t27-,28-,29-,30+,32?,33+,34+,35-,39+,40+,41-,42+,43+,44-,45+,46+,47-/m1/s1. The van der Waals surface area contributed by atoms with Gasteiger partial charge in [0.2, 0.25) is 0 Å². The van der Waals surface area contributed by atoms with E-state index in [1.807, 2.05) is 38.2 Å². The van der Waals surface area contributed by atoms with E-state index in [0.717, 1.165) is 6.29 Å². The van der Waals surface area contributed by atoms with Crippen molar-refractivity contribution >= 4 is 30.2 Å². The third kappa shape index (κ3) is 16.7. The lowest BCUT2D eigenvalue weighted by Crippen LogP contribution is -2.66. The maximum absolute atomic E-state index is 13.6. The van der Waals surface area contributed by atoms with E-state index in [2.05, 4.69) is 0 Å². The molecular weight excluding hydrogens is 851 g/mol. The fraction of sp³-hybridized carbons (Fsp3) is 0.809. The first-order valence-corrected chi connectivity index (χ1v) is 23.0. The number of ether oxygens (including phenoxy) is 11. The van der Waals surface area contributed by atoms with Gasteiger partial charge in [-0.1, -0.05) is 45.1 Å². The van der Waals surface area contributed by atoms with Gasteiger partial charge in [-0.3, -0.25) is 19.2 Å². The number of esters is 4. The van der Waals surface area contributed by atoms with Crippen LogP contribution < -0.4 is 0 Å². The van der Waals surface area contributed by atoms with E-state index < -0.39 is 128 Å².